The van der Waals surface area contributed by atoms with Crippen LogP contribution in [-0.4, -0.2) is 6.61 Å². The minimum Gasteiger partial charge on any atom is -0.494 e. The molecule has 0 unspecified atom stereocenters. The molecule has 0 heterocycles. The van der Waals surface area contributed by atoms with Gasteiger partial charge in [-0.05, 0) is 36.8 Å². The second-order valence-corrected chi connectivity index (χ2v) is 3.91. The van der Waals surface area contributed by atoms with Crippen LogP contribution in [0.4, 0.5) is 10.1 Å². The highest BCUT2D eigenvalue weighted by Gasteiger charge is 2.00. The molecule has 2 nitrogen and oxygen atoms in total. The standard InChI is InChI=1S/C15H16FNO/c1-2-18-13-9-7-12(8-10-13)11-17-15-6-4-3-5-14(15)16/h3-10,17H,2,11H2,1H3. The minimum absolute atomic E-state index is 0.233. The van der Waals surface area contributed by atoms with Crippen LogP contribution >= 0.6 is 0 Å². The van der Waals surface area contributed by atoms with Crippen LogP contribution in [0.5, 0.6) is 5.75 Å². The van der Waals surface area contributed by atoms with Crippen molar-refractivity contribution in [1.82, 2.24) is 0 Å². The van der Waals surface area contributed by atoms with Crippen LogP contribution in [0, 0.1) is 5.82 Å². The molecule has 3 heteroatoms. The molecular formula is C15H16FNO. The van der Waals surface area contributed by atoms with Crippen molar-refractivity contribution < 1.29 is 9.13 Å². The summed E-state index contributed by atoms with van der Waals surface area (Å²) in [5, 5.41) is 3.06. The van der Waals surface area contributed by atoms with Gasteiger partial charge in [0.15, 0.2) is 0 Å². The van der Waals surface area contributed by atoms with Crippen molar-refractivity contribution in [3.05, 3.63) is 59.9 Å². The maximum Gasteiger partial charge on any atom is 0.146 e. The Bertz CT molecular complexity index is 496. The first kappa shape index (κ1) is 12.4. The van der Waals surface area contributed by atoms with Crippen molar-refractivity contribution in [2.75, 3.05) is 11.9 Å². The van der Waals surface area contributed by atoms with Gasteiger partial charge in [0.25, 0.3) is 0 Å². The highest BCUT2D eigenvalue weighted by Crippen LogP contribution is 2.16. The van der Waals surface area contributed by atoms with Crippen LogP contribution in [0.1, 0.15) is 12.5 Å². The molecule has 0 saturated carbocycles. The highest BCUT2D eigenvalue weighted by molar-refractivity contribution is 5.45. The van der Waals surface area contributed by atoms with Gasteiger partial charge in [0, 0.05) is 6.54 Å². The first-order valence-corrected chi connectivity index (χ1v) is 5.99. The van der Waals surface area contributed by atoms with Gasteiger partial charge in [0.1, 0.15) is 11.6 Å². The lowest BCUT2D eigenvalue weighted by atomic mass is 10.2. The monoisotopic (exact) mass is 245 g/mol. The lowest BCUT2D eigenvalue weighted by molar-refractivity contribution is 0.340. The number of hydrogen-bond donors (Lipinski definition) is 1. The van der Waals surface area contributed by atoms with E-state index in [1.807, 2.05) is 37.3 Å². The Hall–Kier alpha value is -2.03. The molecular weight excluding hydrogens is 229 g/mol. The normalized spacial score (nSPS) is 10.1. The third-order valence-corrected chi connectivity index (χ3v) is 2.59. The number of anilines is 1. The molecule has 18 heavy (non-hydrogen) atoms. The van der Waals surface area contributed by atoms with E-state index < -0.39 is 0 Å². The van der Waals surface area contributed by atoms with Crippen LogP contribution < -0.4 is 10.1 Å². The van der Waals surface area contributed by atoms with Crippen molar-refractivity contribution in [2.45, 2.75) is 13.5 Å². The fraction of sp³-hybridized carbons (Fsp3) is 0.200. The van der Waals surface area contributed by atoms with Gasteiger partial charge in [-0.2, -0.15) is 0 Å². The number of halogens is 1. The average Bonchev–Trinajstić information content (AvgIpc) is 2.40. The largest absolute Gasteiger partial charge is 0.494 e. The molecule has 2 aromatic rings. The van der Waals surface area contributed by atoms with Gasteiger partial charge < -0.3 is 10.1 Å². The van der Waals surface area contributed by atoms with Crippen LogP contribution in [0.25, 0.3) is 0 Å². The second kappa shape index (κ2) is 6.05. The van der Waals surface area contributed by atoms with E-state index in [4.69, 9.17) is 4.74 Å². The lowest BCUT2D eigenvalue weighted by Crippen LogP contribution is -2.01. The van der Waals surface area contributed by atoms with Crippen molar-refractivity contribution in [3.63, 3.8) is 0 Å². The molecule has 0 spiro atoms. The van der Waals surface area contributed by atoms with Gasteiger partial charge >= 0.3 is 0 Å². The van der Waals surface area contributed by atoms with E-state index in [1.165, 1.54) is 6.07 Å². The zero-order valence-electron chi connectivity index (χ0n) is 10.3. The van der Waals surface area contributed by atoms with Crippen LogP contribution in [0.15, 0.2) is 48.5 Å². The van der Waals surface area contributed by atoms with E-state index in [9.17, 15) is 4.39 Å². The Morgan fingerprint density at radius 1 is 1.06 bits per heavy atom. The van der Waals surface area contributed by atoms with E-state index in [-0.39, 0.29) is 5.82 Å². The van der Waals surface area contributed by atoms with E-state index in [0.717, 1.165) is 11.3 Å². The van der Waals surface area contributed by atoms with Crippen molar-refractivity contribution in [2.24, 2.45) is 0 Å². The third-order valence-electron chi connectivity index (χ3n) is 2.59. The zero-order chi connectivity index (χ0) is 12.8. The SMILES string of the molecule is CCOc1ccc(CNc2ccccc2F)cc1. The topological polar surface area (TPSA) is 21.3 Å². The molecule has 0 amide bonds. The van der Waals surface area contributed by atoms with Crippen LogP contribution in [-0.2, 0) is 6.54 Å². The molecule has 94 valence electrons. The Labute approximate surface area is 106 Å². The Morgan fingerprint density at radius 2 is 1.78 bits per heavy atom. The number of rotatable bonds is 5. The summed E-state index contributed by atoms with van der Waals surface area (Å²) in [6.07, 6.45) is 0. The molecule has 0 atom stereocenters. The second-order valence-electron chi connectivity index (χ2n) is 3.91. The summed E-state index contributed by atoms with van der Waals surface area (Å²) in [6, 6.07) is 14.4. The van der Waals surface area contributed by atoms with E-state index in [0.29, 0.717) is 18.8 Å². The number of nitrogens with one attached hydrogen (secondary N) is 1. The van der Waals surface area contributed by atoms with Gasteiger partial charge in [0.05, 0.1) is 12.3 Å². The molecule has 0 radical (unpaired) electrons. The zero-order valence-corrected chi connectivity index (χ0v) is 10.3. The summed E-state index contributed by atoms with van der Waals surface area (Å²) in [6.45, 7) is 3.20. The van der Waals surface area contributed by atoms with E-state index >= 15 is 0 Å². The molecule has 2 aromatic carbocycles. The Kier molecular flexibility index (Phi) is 4.18. The number of ether oxygens (including phenoxy) is 1. The Balaban J connectivity index is 1.96. The summed E-state index contributed by atoms with van der Waals surface area (Å²) in [7, 11) is 0. The molecule has 1 N–H and O–H groups in total. The molecule has 0 bridgehead atoms. The maximum absolute atomic E-state index is 13.4. The van der Waals surface area contributed by atoms with Crippen molar-refractivity contribution >= 4 is 5.69 Å². The minimum atomic E-state index is -0.233. The molecule has 0 aliphatic rings. The smallest absolute Gasteiger partial charge is 0.146 e. The number of benzene rings is 2. The summed E-state index contributed by atoms with van der Waals surface area (Å²) in [5.41, 5.74) is 1.60. The van der Waals surface area contributed by atoms with Crippen LogP contribution in [0.2, 0.25) is 0 Å². The highest BCUT2D eigenvalue weighted by atomic mass is 19.1. The molecule has 0 aliphatic carbocycles. The van der Waals surface area contributed by atoms with Crippen molar-refractivity contribution in [1.29, 1.82) is 0 Å². The van der Waals surface area contributed by atoms with Gasteiger partial charge in [-0.1, -0.05) is 24.3 Å². The Morgan fingerprint density at radius 3 is 2.44 bits per heavy atom. The number of hydrogen-bond acceptors (Lipinski definition) is 2. The number of para-hydroxylation sites is 1. The average molecular weight is 245 g/mol. The molecule has 2 rings (SSSR count). The summed E-state index contributed by atoms with van der Waals surface area (Å²) < 4.78 is 18.7. The van der Waals surface area contributed by atoms with E-state index in [2.05, 4.69) is 5.32 Å². The quantitative estimate of drug-likeness (QED) is 0.864. The summed E-state index contributed by atoms with van der Waals surface area (Å²) in [4.78, 5) is 0. The third kappa shape index (κ3) is 3.23. The molecule has 0 aliphatic heterocycles. The summed E-state index contributed by atoms with van der Waals surface area (Å²) >= 11 is 0. The van der Waals surface area contributed by atoms with Crippen LogP contribution in [0.3, 0.4) is 0 Å². The summed E-state index contributed by atoms with van der Waals surface area (Å²) in [5.74, 6) is 0.621. The predicted octanol–water partition coefficient (Wildman–Crippen LogP) is 3.84. The first-order valence-electron chi connectivity index (χ1n) is 5.99. The predicted molar refractivity (Wildman–Crippen MR) is 71.3 cm³/mol. The fourth-order valence-corrected chi connectivity index (χ4v) is 1.67. The van der Waals surface area contributed by atoms with Gasteiger partial charge in [0.2, 0.25) is 0 Å². The van der Waals surface area contributed by atoms with Gasteiger partial charge in [-0.15, -0.1) is 0 Å². The van der Waals surface area contributed by atoms with Crippen molar-refractivity contribution in [3.8, 4) is 5.75 Å². The van der Waals surface area contributed by atoms with Gasteiger partial charge in [-0.3, -0.25) is 0 Å². The molecule has 0 aromatic heterocycles. The maximum atomic E-state index is 13.4. The molecule has 0 fully saturated rings. The van der Waals surface area contributed by atoms with E-state index in [1.54, 1.807) is 12.1 Å². The first-order chi connectivity index (χ1) is 8.79. The molecule has 0 saturated heterocycles. The lowest BCUT2D eigenvalue weighted by Gasteiger charge is -2.08. The fourth-order valence-electron chi connectivity index (χ4n) is 1.67. The van der Waals surface area contributed by atoms with Gasteiger partial charge in [-0.25, -0.2) is 4.39 Å².